The lowest BCUT2D eigenvalue weighted by atomic mass is 10.2. The van der Waals surface area contributed by atoms with E-state index in [0.717, 1.165) is 0 Å². The van der Waals surface area contributed by atoms with Crippen molar-refractivity contribution in [3.8, 4) is 0 Å². The van der Waals surface area contributed by atoms with Crippen LogP contribution in [0.2, 0.25) is 0 Å². The maximum Gasteiger partial charge on any atom is 0.403 e. The van der Waals surface area contributed by atoms with Gasteiger partial charge in [0, 0.05) is 46.8 Å². The van der Waals surface area contributed by atoms with Crippen molar-refractivity contribution >= 4 is 11.9 Å². The summed E-state index contributed by atoms with van der Waals surface area (Å²) in [6.07, 6.45) is -4.21. The zero-order chi connectivity index (χ0) is 17.6. The molecule has 0 saturated carbocycles. The molecule has 1 saturated heterocycles. The Hall–Kier alpha value is -1.51. The molecule has 1 amide bonds. The molecule has 0 aliphatic carbocycles. The van der Waals surface area contributed by atoms with Crippen LogP contribution in [0.1, 0.15) is 13.8 Å². The number of piperazine rings is 1. The van der Waals surface area contributed by atoms with Crippen LogP contribution in [-0.2, 0) is 4.79 Å². The minimum Gasteiger partial charge on any atom is -0.357 e. The first kappa shape index (κ1) is 19.5. The van der Waals surface area contributed by atoms with Gasteiger partial charge in [-0.2, -0.15) is 13.2 Å². The number of hydrogen-bond donors (Lipinski definition) is 1. The molecule has 0 aromatic heterocycles. The highest BCUT2D eigenvalue weighted by molar-refractivity contribution is 5.84. The summed E-state index contributed by atoms with van der Waals surface area (Å²) < 4.78 is 38.3. The quantitative estimate of drug-likeness (QED) is 0.603. The number of hydrogen-bond acceptors (Lipinski definition) is 3. The number of likely N-dealkylation sites (N-methyl/N-ethyl adjacent to an activating group) is 1. The van der Waals surface area contributed by atoms with Gasteiger partial charge in [-0.1, -0.05) is 0 Å². The summed E-state index contributed by atoms with van der Waals surface area (Å²) >= 11 is 0. The molecule has 1 unspecified atom stereocenters. The fourth-order valence-electron chi connectivity index (χ4n) is 2.24. The number of rotatable bonds is 4. The lowest BCUT2D eigenvalue weighted by Crippen LogP contribution is -2.56. The van der Waals surface area contributed by atoms with E-state index in [2.05, 4.69) is 10.3 Å². The number of alkyl halides is 3. The van der Waals surface area contributed by atoms with Gasteiger partial charge < -0.3 is 15.1 Å². The van der Waals surface area contributed by atoms with Crippen molar-refractivity contribution in [3.05, 3.63) is 0 Å². The molecule has 0 bridgehead atoms. The maximum absolute atomic E-state index is 12.8. The van der Waals surface area contributed by atoms with Gasteiger partial charge in [0.1, 0.15) is 12.6 Å². The summed E-state index contributed by atoms with van der Waals surface area (Å²) in [5.41, 5.74) is 0. The van der Waals surface area contributed by atoms with E-state index in [4.69, 9.17) is 0 Å². The van der Waals surface area contributed by atoms with Crippen LogP contribution in [0.25, 0.3) is 0 Å². The SMILES string of the molecule is CCNC(=NCC(=O)N(C)C)N1CCN(C(C)C(F)(F)F)CC1. The predicted molar refractivity (Wildman–Crippen MR) is 83.3 cm³/mol. The Morgan fingerprint density at radius 2 is 1.83 bits per heavy atom. The summed E-state index contributed by atoms with van der Waals surface area (Å²) in [6, 6.07) is -1.44. The van der Waals surface area contributed by atoms with E-state index in [1.165, 1.54) is 16.7 Å². The van der Waals surface area contributed by atoms with Gasteiger partial charge in [0.25, 0.3) is 0 Å². The van der Waals surface area contributed by atoms with Gasteiger partial charge in [0.05, 0.1) is 0 Å². The minimum atomic E-state index is -4.21. The van der Waals surface area contributed by atoms with Crippen LogP contribution >= 0.6 is 0 Å². The smallest absolute Gasteiger partial charge is 0.357 e. The first-order chi connectivity index (χ1) is 10.7. The van der Waals surface area contributed by atoms with E-state index in [0.29, 0.717) is 38.7 Å². The summed E-state index contributed by atoms with van der Waals surface area (Å²) in [5, 5.41) is 3.09. The largest absolute Gasteiger partial charge is 0.403 e. The van der Waals surface area contributed by atoms with Crippen molar-refractivity contribution in [2.75, 3.05) is 53.4 Å². The molecule has 1 rings (SSSR count). The van der Waals surface area contributed by atoms with E-state index < -0.39 is 12.2 Å². The Balaban J connectivity index is 2.64. The van der Waals surface area contributed by atoms with Crippen molar-refractivity contribution in [2.45, 2.75) is 26.1 Å². The van der Waals surface area contributed by atoms with Crippen LogP contribution in [0.5, 0.6) is 0 Å². The van der Waals surface area contributed by atoms with Gasteiger partial charge in [-0.15, -0.1) is 0 Å². The van der Waals surface area contributed by atoms with Gasteiger partial charge >= 0.3 is 6.18 Å². The second kappa shape index (κ2) is 8.37. The van der Waals surface area contributed by atoms with Crippen LogP contribution < -0.4 is 5.32 Å². The highest BCUT2D eigenvalue weighted by Crippen LogP contribution is 2.25. The van der Waals surface area contributed by atoms with Crippen LogP contribution in [0.3, 0.4) is 0 Å². The maximum atomic E-state index is 12.8. The number of aliphatic imine (C=N–C) groups is 1. The fourth-order valence-corrected chi connectivity index (χ4v) is 2.24. The third-order valence-corrected chi connectivity index (χ3v) is 3.83. The minimum absolute atomic E-state index is 0.0223. The first-order valence-electron chi connectivity index (χ1n) is 7.71. The van der Waals surface area contributed by atoms with Gasteiger partial charge in [0.2, 0.25) is 5.91 Å². The predicted octanol–water partition coefficient (Wildman–Crippen LogP) is 0.609. The number of amides is 1. The number of halogens is 3. The van der Waals surface area contributed by atoms with Crippen LogP contribution in [0, 0.1) is 0 Å². The van der Waals surface area contributed by atoms with Gasteiger partial charge in [-0.05, 0) is 13.8 Å². The van der Waals surface area contributed by atoms with E-state index in [9.17, 15) is 18.0 Å². The molecule has 0 spiro atoms. The Morgan fingerprint density at radius 1 is 1.26 bits per heavy atom. The molecular formula is C14H26F3N5O. The van der Waals surface area contributed by atoms with Crippen LogP contribution in [0.15, 0.2) is 4.99 Å². The topological polar surface area (TPSA) is 51.2 Å². The number of carbonyl (C=O) groups is 1. The standard InChI is InChI=1S/C14H26F3N5O/c1-5-18-13(19-10-12(23)20(3)4)22-8-6-21(7-9-22)11(2)14(15,16)17/h11H,5-10H2,1-4H3,(H,18,19). The molecule has 6 nitrogen and oxygen atoms in total. The van der Waals surface area contributed by atoms with E-state index in [-0.39, 0.29) is 12.5 Å². The monoisotopic (exact) mass is 337 g/mol. The molecule has 0 aromatic carbocycles. The summed E-state index contributed by atoms with van der Waals surface area (Å²) in [5.74, 6) is 0.451. The lowest BCUT2D eigenvalue weighted by molar-refractivity contribution is -0.181. The van der Waals surface area contributed by atoms with Crippen molar-refractivity contribution in [1.29, 1.82) is 0 Å². The van der Waals surface area contributed by atoms with Crippen LogP contribution in [-0.4, -0.2) is 92.1 Å². The molecular weight excluding hydrogens is 311 g/mol. The molecule has 1 heterocycles. The molecule has 1 atom stereocenters. The number of carbonyl (C=O) groups excluding carboxylic acids is 1. The van der Waals surface area contributed by atoms with E-state index >= 15 is 0 Å². The molecule has 0 radical (unpaired) electrons. The summed E-state index contributed by atoms with van der Waals surface area (Å²) in [6.45, 7) is 5.27. The molecule has 0 aromatic rings. The Kier molecular flexibility index (Phi) is 7.11. The molecule has 1 aliphatic heterocycles. The average molecular weight is 337 g/mol. The Bertz CT molecular complexity index is 417. The van der Waals surface area contributed by atoms with Gasteiger partial charge in [0.15, 0.2) is 5.96 Å². The van der Waals surface area contributed by atoms with E-state index in [1.807, 2.05) is 11.8 Å². The molecule has 9 heteroatoms. The second-order valence-electron chi connectivity index (χ2n) is 5.70. The zero-order valence-corrected chi connectivity index (χ0v) is 14.2. The lowest BCUT2D eigenvalue weighted by Gasteiger charge is -2.39. The van der Waals surface area contributed by atoms with Crippen molar-refractivity contribution in [3.63, 3.8) is 0 Å². The Morgan fingerprint density at radius 3 is 2.26 bits per heavy atom. The highest BCUT2D eigenvalue weighted by Gasteiger charge is 2.41. The van der Waals surface area contributed by atoms with Gasteiger partial charge in [-0.25, -0.2) is 4.99 Å². The molecule has 1 fully saturated rings. The Labute approximate surface area is 135 Å². The summed E-state index contributed by atoms with van der Waals surface area (Å²) in [4.78, 5) is 20.7. The zero-order valence-electron chi connectivity index (χ0n) is 14.2. The molecule has 134 valence electrons. The molecule has 23 heavy (non-hydrogen) atoms. The molecule has 1 aliphatic rings. The number of nitrogens with one attached hydrogen (secondary N) is 1. The third-order valence-electron chi connectivity index (χ3n) is 3.83. The van der Waals surface area contributed by atoms with Crippen molar-refractivity contribution in [1.82, 2.24) is 20.0 Å². The normalized spacial score (nSPS) is 18.7. The van der Waals surface area contributed by atoms with Crippen molar-refractivity contribution < 1.29 is 18.0 Å². The van der Waals surface area contributed by atoms with Crippen LogP contribution in [0.4, 0.5) is 13.2 Å². The summed E-state index contributed by atoms with van der Waals surface area (Å²) in [7, 11) is 3.31. The fraction of sp³-hybridized carbons (Fsp3) is 0.857. The average Bonchev–Trinajstić information content (AvgIpc) is 2.49. The molecule has 1 N–H and O–H groups in total. The first-order valence-corrected chi connectivity index (χ1v) is 7.71. The highest BCUT2D eigenvalue weighted by atomic mass is 19.4. The number of nitrogens with zero attached hydrogens (tertiary/aromatic N) is 4. The number of guanidine groups is 1. The van der Waals surface area contributed by atoms with Crippen molar-refractivity contribution in [2.24, 2.45) is 4.99 Å². The van der Waals surface area contributed by atoms with E-state index in [1.54, 1.807) is 14.1 Å². The third kappa shape index (κ3) is 5.89. The second-order valence-corrected chi connectivity index (χ2v) is 5.70. The van der Waals surface area contributed by atoms with Gasteiger partial charge in [-0.3, -0.25) is 9.69 Å².